The number of carbonyl (C=O) groups excluding carboxylic acids is 1. The lowest BCUT2D eigenvalue weighted by atomic mass is 10.4. The van der Waals surface area contributed by atoms with Gasteiger partial charge in [-0.25, -0.2) is 0 Å². The van der Waals surface area contributed by atoms with E-state index in [1.54, 1.807) is 18.3 Å². The Morgan fingerprint density at radius 1 is 1.67 bits per heavy atom. The van der Waals surface area contributed by atoms with Crippen LogP contribution in [0.1, 0.15) is 6.92 Å². The van der Waals surface area contributed by atoms with Crippen molar-refractivity contribution in [3.8, 4) is 0 Å². The van der Waals surface area contributed by atoms with Crippen LogP contribution in [0.4, 0.5) is 5.69 Å². The van der Waals surface area contributed by atoms with Crippen LogP contribution in [0, 0.1) is 4.91 Å². The zero-order chi connectivity index (χ0) is 8.97. The second kappa shape index (κ2) is 3.56. The zero-order valence-electron chi connectivity index (χ0n) is 6.47. The Morgan fingerprint density at radius 3 is 2.83 bits per heavy atom. The summed E-state index contributed by atoms with van der Waals surface area (Å²) in [4.78, 5) is 24.7. The second-order valence-corrected chi connectivity index (χ2v) is 2.12. The number of hydrogen-bond donors (Lipinski definition) is 0. The minimum atomic E-state index is -0.432. The number of anilines is 1. The highest BCUT2D eigenvalue weighted by atomic mass is 16.3. The first-order chi connectivity index (χ1) is 5.75. The molecule has 12 heavy (non-hydrogen) atoms. The highest BCUT2D eigenvalue weighted by Crippen LogP contribution is 2.11. The lowest BCUT2D eigenvalue weighted by Crippen LogP contribution is -2.21. The molecule has 0 unspecified atom stereocenters. The molecule has 0 fully saturated rings. The van der Waals surface area contributed by atoms with Crippen molar-refractivity contribution < 1.29 is 4.79 Å². The van der Waals surface area contributed by atoms with E-state index in [9.17, 15) is 9.70 Å². The molecule has 0 N–H and O–H groups in total. The van der Waals surface area contributed by atoms with Crippen LogP contribution in [-0.4, -0.2) is 10.9 Å². The molecule has 1 rings (SSSR count). The van der Waals surface area contributed by atoms with Crippen molar-refractivity contribution in [1.82, 2.24) is 4.98 Å². The predicted molar refractivity (Wildman–Crippen MR) is 43.2 cm³/mol. The van der Waals surface area contributed by atoms with Gasteiger partial charge in [-0.1, -0.05) is 0 Å². The monoisotopic (exact) mass is 165 g/mol. The molecule has 0 spiro atoms. The van der Waals surface area contributed by atoms with Crippen LogP contribution < -0.4 is 5.01 Å². The van der Waals surface area contributed by atoms with Crippen LogP contribution in [0.25, 0.3) is 0 Å². The molecular formula is C7H7N3O2. The molecule has 0 saturated heterocycles. The number of carbonyl (C=O) groups is 1. The Balaban J connectivity index is 2.95. The third-order valence-electron chi connectivity index (χ3n) is 1.27. The summed E-state index contributed by atoms with van der Waals surface area (Å²) in [5.41, 5.74) is 0.375. The average molecular weight is 165 g/mol. The van der Waals surface area contributed by atoms with Crippen molar-refractivity contribution in [2.75, 3.05) is 5.01 Å². The third-order valence-corrected chi connectivity index (χ3v) is 1.27. The van der Waals surface area contributed by atoms with E-state index in [1.807, 2.05) is 0 Å². The van der Waals surface area contributed by atoms with Gasteiger partial charge in [0.25, 0.3) is 0 Å². The molecular weight excluding hydrogens is 158 g/mol. The molecule has 1 heterocycles. The smallest absolute Gasteiger partial charge is 0.246 e. The van der Waals surface area contributed by atoms with Gasteiger partial charge < -0.3 is 0 Å². The topological polar surface area (TPSA) is 62.6 Å². The average Bonchev–Trinajstić information content (AvgIpc) is 2.07. The van der Waals surface area contributed by atoms with Crippen molar-refractivity contribution in [3.05, 3.63) is 29.4 Å². The molecule has 1 aromatic heterocycles. The fraction of sp³-hybridized carbons (Fsp3) is 0.143. The molecule has 5 heteroatoms. The SMILES string of the molecule is CC(=O)N(N=O)c1cccnc1. The van der Waals surface area contributed by atoms with Crippen molar-refractivity contribution >= 4 is 11.6 Å². The maximum absolute atomic E-state index is 10.8. The van der Waals surface area contributed by atoms with Crippen LogP contribution in [0.5, 0.6) is 0 Å². The van der Waals surface area contributed by atoms with Gasteiger partial charge in [-0.05, 0) is 12.1 Å². The van der Waals surface area contributed by atoms with Crippen LogP contribution >= 0.6 is 0 Å². The summed E-state index contributed by atoms with van der Waals surface area (Å²) in [6, 6.07) is 3.20. The van der Waals surface area contributed by atoms with Crippen LogP contribution in [0.15, 0.2) is 29.8 Å². The summed E-state index contributed by atoms with van der Waals surface area (Å²) in [6.45, 7) is 1.26. The fourth-order valence-corrected chi connectivity index (χ4v) is 0.765. The first-order valence-electron chi connectivity index (χ1n) is 3.29. The van der Waals surface area contributed by atoms with Gasteiger partial charge in [-0.3, -0.25) is 9.78 Å². The first kappa shape index (κ1) is 8.32. The van der Waals surface area contributed by atoms with E-state index < -0.39 is 5.91 Å². The molecule has 0 atom stereocenters. The van der Waals surface area contributed by atoms with Gasteiger partial charge in [0.15, 0.2) is 0 Å². The number of nitroso groups, excluding NO2 is 1. The quantitative estimate of drug-likeness (QED) is 0.487. The van der Waals surface area contributed by atoms with E-state index in [1.165, 1.54) is 13.1 Å². The van der Waals surface area contributed by atoms with Gasteiger partial charge in [0.05, 0.1) is 17.2 Å². The molecule has 1 aromatic rings. The third kappa shape index (κ3) is 1.63. The zero-order valence-corrected chi connectivity index (χ0v) is 6.47. The number of hydrogen-bond acceptors (Lipinski definition) is 4. The Kier molecular flexibility index (Phi) is 2.47. The number of pyridine rings is 1. The normalized spacial score (nSPS) is 9.08. The molecule has 0 bridgehead atoms. The number of amides is 1. The summed E-state index contributed by atoms with van der Waals surface area (Å²) in [7, 11) is 0. The molecule has 0 radical (unpaired) electrons. The van der Waals surface area contributed by atoms with Crippen LogP contribution in [0.3, 0.4) is 0 Å². The summed E-state index contributed by atoms with van der Waals surface area (Å²) in [5, 5.41) is 3.29. The lowest BCUT2D eigenvalue weighted by molar-refractivity contribution is -0.116. The van der Waals surface area contributed by atoms with Gasteiger partial charge in [0.2, 0.25) is 5.91 Å². The van der Waals surface area contributed by atoms with E-state index in [2.05, 4.69) is 10.3 Å². The van der Waals surface area contributed by atoms with Crippen LogP contribution in [0.2, 0.25) is 0 Å². The van der Waals surface area contributed by atoms with Gasteiger partial charge in [-0.2, -0.15) is 5.01 Å². The molecule has 5 nitrogen and oxygen atoms in total. The molecule has 0 saturated carbocycles. The number of nitrogens with zero attached hydrogens (tertiary/aromatic N) is 3. The van der Waals surface area contributed by atoms with Crippen molar-refractivity contribution in [2.45, 2.75) is 6.92 Å². The van der Waals surface area contributed by atoms with Gasteiger partial charge >= 0.3 is 0 Å². The van der Waals surface area contributed by atoms with Crippen LogP contribution in [-0.2, 0) is 4.79 Å². The van der Waals surface area contributed by atoms with Crippen molar-refractivity contribution in [3.63, 3.8) is 0 Å². The first-order valence-corrected chi connectivity index (χ1v) is 3.29. The number of rotatable bonds is 2. The highest BCUT2D eigenvalue weighted by Gasteiger charge is 2.10. The largest absolute Gasteiger partial charge is 0.273 e. The molecule has 0 aliphatic heterocycles. The molecule has 0 aromatic carbocycles. The summed E-state index contributed by atoms with van der Waals surface area (Å²) in [5.74, 6) is -0.432. The highest BCUT2D eigenvalue weighted by molar-refractivity contribution is 5.90. The predicted octanol–water partition coefficient (Wildman–Crippen LogP) is 1.12. The van der Waals surface area contributed by atoms with E-state index in [-0.39, 0.29) is 0 Å². The molecule has 0 aliphatic carbocycles. The van der Waals surface area contributed by atoms with E-state index in [0.29, 0.717) is 5.69 Å². The minimum Gasteiger partial charge on any atom is -0.273 e. The second-order valence-electron chi connectivity index (χ2n) is 2.12. The summed E-state index contributed by atoms with van der Waals surface area (Å²) >= 11 is 0. The lowest BCUT2D eigenvalue weighted by Gasteiger charge is -2.08. The number of aromatic nitrogens is 1. The molecule has 62 valence electrons. The Labute approximate surface area is 69.0 Å². The van der Waals surface area contributed by atoms with Gasteiger partial charge in [0.1, 0.15) is 0 Å². The van der Waals surface area contributed by atoms with Crippen molar-refractivity contribution in [1.29, 1.82) is 0 Å². The standard InChI is InChI=1S/C7H7N3O2/c1-6(11)10(9-12)7-3-2-4-8-5-7/h2-5H,1H3. The fourth-order valence-electron chi connectivity index (χ4n) is 0.765. The Morgan fingerprint density at radius 2 is 2.42 bits per heavy atom. The van der Waals surface area contributed by atoms with Gasteiger partial charge in [-0.15, -0.1) is 4.91 Å². The Hall–Kier alpha value is -1.78. The van der Waals surface area contributed by atoms with E-state index in [4.69, 9.17) is 0 Å². The van der Waals surface area contributed by atoms with Gasteiger partial charge in [0, 0.05) is 13.1 Å². The van der Waals surface area contributed by atoms with Crippen molar-refractivity contribution in [2.24, 2.45) is 5.29 Å². The van der Waals surface area contributed by atoms with E-state index >= 15 is 0 Å². The Bertz CT molecular complexity index is 286. The maximum Gasteiger partial charge on any atom is 0.246 e. The minimum absolute atomic E-state index is 0.375. The molecule has 0 aliphatic rings. The summed E-state index contributed by atoms with van der Waals surface area (Å²) < 4.78 is 0. The summed E-state index contributed by atoms with van der Waals surface area (Å²) in [6.07, 6.45) is 2.94. The van der Waals surface area contributed by atoms with E-state index in [0.717, 1.165) is 5.01 Å². The molecule has 1 amide bonds. The maximum atomic E-state index is 10.8.